The molecule has 5 aromatic carbocycles. The number of rotatable bonds is 2. The van der Waals surface area contributed by atoms with Crippen molar-refractivity contribution in [1.29, 1.82) is 0 Å². The van der Waals surface area contributed by atoms with Crippen LogP contribution in [0.15, 0.2) is 133 Å². The van der Waals surface area contributed by atoms with Crippen LogP contribution in [0.5, 0.6) is 0 Å². The molecule has 0 atom stereocenters. The number of halogens is 2. The van der Waals surface area contributed by atoms with Crippen LogP contribution >= 0.6 is 0 Å². The SMILES string of the molecule is [C-]1=CC=CC1.[Cl-].[Cl-].[Hf+4].c1ccc([Si]c2ccccc2)cc1.c1ccc2c(c1)[cH-]c1ccccc12. The van der Waals surface area contributed by atoms with Gasteiger partial charge in [0.25, 0.3) is 0 Å². The van der Waals surface area contributed by atoms with Crippen LogP contribution in [-0.2, 0) is 25.8 Å². The van der Waals surface area contributed by atoms with E-state index in [1.54, 1.807) is 0 Å². The van der Waals surface area contributed by atoms with Crippen molar-refractivity contribution in [3.63, 3.8) is 0 Å². The summed E-state index contributed by atoms with van der Waals surface area (Å²) < 4.78 is 0. The van der Waals surface area contributed by atoms with Crippen molar-refractivity contribution in [3.05, 3.63) is 140 Å². The molecule has 5 aromatic rings. The minimum absolute atomic E-state index is 0. The number of hydrogen-bond donors (Lipinski definition) is 0. The van der Waals surface area contributed by atoms with Gasteiger partial charge in [0.05, 0.1) is 0 Å². The predicted octanol–water partition coefficient (Wildman–Crippen LogP) is 0.365. The molecule has 0 saturated heterocycles. The van der Waals surface area contributed by atoms with Gasteiger partial charge in [0.15, 0.2) is 0 Å². The Hall–Kier alpha value is -2.10. The van der Waals surface area contributed by atoms with Crippen LogP contribution in [0.4, 0.5) is 0 Å². The Morgan fingerprint density at radius 3 is 1.41 bits per heavy atom. The van der Waals surface area contributed by atoms with E-state index in [1.165, 1.54) is 31.9 Å². The second kappa shape index (κ2) is 16.5. The van der Waals surface area contributed by atoms with E-state index in [1.807, 2.05) is 12.2 Å². The monoisotopic (exact) mass is 662 g/mol. The predicted molar refractivity (Wildman–Crippen MR) is 137 cm³/mol. The number of hydrogen-bond acceptors (Lipinski definition) is 0. The molecule has 0 fully saturated rings. The van der Waals surface area contributed by atoms with Crippen molar-refractivity contribution in [2.45, 2.75) is 6.42 Å². The van der Waals surface area contributed by atoms with E-state index in [2.05, 4.69) is 127 Å². The molecule has 2 radical (unpaired) electrons. The first kappa shape index (κ1) is 29.9. The molecule has 6 rings (SSSR count). The molecule has 0 aliphatic heterocycles. The van der Waals surface area contributed by atoms with Gasteiger partial charge in [-0.05, 0) is 0 Å². The average Bonchev–Trinajstić information content (AvgIpc) is 3.53. The first-order chi connectivity index (χ1) is 15.4. The molecule has 0 aromatic heterocycles. The Kier molecular flexibility index (Phi) is 14.5. The van der Waals surface area contributed by atoms with Crippen molar-refractivity contribution in [3.8, 4) is 0 Å². The first-order valence-corrected chi connectivity index (χ1v) is 11.5. The molecule has 0 nitrogen and oxygen atoms in total. The zero-order valence-corrected chi connectivity index (χ0v) is 24.8. The molecule has 4 heteroatoms. The summed E-state index contributed by atoms with van der Waals surface area (Å²) in [5.74, 6) is 0. The zero-order chi connectivity index (χ0) is 21.1. The molecule has 0 spiro atoms. The Bertz CT molecular complexity index is 1180. The topological polar surface area (TPSA) is 0 Å². The van der Waals surface area contributed by atoms with E-state index >= 15 is 0 Å². The average molecular weight is 662 g/mol. The Morgan fingerprint density at radius 2 is 1.03 bits per heavy atom. The van der Waals surface area contributed by atoms with Crippen LogP contribution in [0.1, 0.15) is 6.42 Å². The minimum atomic E-state index is 0. The van der Waals surface area contributed by atoms with Gasteiger partial charge in [0, 0.05) is 0 Å². The van der Waals surface area contributed by atoms with Gasteiger partial charge in [-0.3, -0.25) is 6.08 Å². The second-order valence-electron chi connectivity index (χ2n) is 7.18. The summed E-state index contributed by atoms with van der Waals surface area (Å²) in [6.45, 7) is 0. The zero-order valence-electron chi connectivity index (χ0n) is 18.7. The van der Waals surface area contributed by atoms with Gasteiger partial charge in [-0.15, -0.1) is 46.2 Å². The second-order valence-corrected chi connectivity index (χ2v) is 8.58. The van der Waals surface area contributed by atoms with Gasteiger partial charge in [0.1, 0.15) is 9.52 Å². The molecule has 34 heavy (non-hydrogen) atoms. The summed E-state index contributed by atoms with van der Waals surface area (Å²) in [4.78, 5) is 0. The van der Waals surface area contributed by atoms with Crippen LogP contribution in [0.2, 0.25) is 0 Å². The fraction of sp³-hybridized carbons (Fsp3) is 0.0333. The summed E-state index contributed by atoms with van der Waals surface area (Å²) in [6.07, 6.45) is 10.0. The minimum Gasteiger partial charge on any atom is -1.00 e. The normalized spacial score (nSPS) is 10.6. The Morgan fingerprint density at radius 1 is 0.588 bits per heavy atom. The number of allylic oxidation sites excluding steroid dienone is 4. The summed E-state index contributed by atoms with van der Waals surface area (Å²) in [7, 11) is 0.777. The molecule has 0 N–H and O–H groups in total. The summed E-state index contributed by atoms with van der Waals surface area (Å²) in [5, 5.41) is 8.19. The maximum absolute atomic E-state index is 2.99. The van der Waals surface area contributed by atoms with Crippen LogP contribution in [-0.4, -0.2) is 9.52 Å². The van der Waals surface area contributed by atoms with E-state index in [9.17, 15) is 0 Å². The van der Waals surface area contributed by atoms with E-state index < -0.39 is 0 Å². The smallest absolute Gasteiger partial charge is 1.00 e. The molecular weight excluding hydrogens is 638 g/mol. The maximum Gasteiger partial charge on any atom is 4.00 e. The van der Waals surface area contributed by atoms with E-state index in [0.29, 0.717) is 0 Å². The standard InChI is InChI=1S/C13H9.C12H10Si.C5H5.2ClH.Hf/c1-3-7-12-10(5-1)9-11-6-2-4-8-13(11)12;1-3-7-11(8-4-1)13-12-9-5-2-6-10-12;1-2-4-5-3-1;;;/h1-9H;1-10H;1-3H,4H2;2*1H;/q-1;;-1;;;+4/p-2. The molecule has 0 unspecified atom stereocenters. The number of benzene rings is 4. The molecule has 0 amide bonds. The summed E-state index contributed by atoms with van der Waals surface area (Å²) in [6, 6.07) is 40.4. The van der Waals surface area contributed by atoms with E-state index in [0.717, 1.165) is 15.9 Å². The first-order valence-electron chi connectivity index (χ1n) is 10.5. The Labute approximate surface area is 236 Å². The molecular formula is C30H24Cl2HfSi. The van der Waals surface area contributed by atoms with E-state index in [-0.39, 0.29) is 50.7 Å². The van der Waals surface area contributed by atoms with Gasteiger partial charge >= 0.3 is 25.8 Å². The maximum atomic E-state index is 2.99. The third kappa shape index (κ3) is 8.92. The van der Waals surface area contributed by atoms with Gasteiger partial charge in [0.2, 0.25) is 0 Å². The molecule has 0 saturated carbocycles. The molecule has 1 aliphatic carbocycles. The Balaban J connectivity index is 0.000000264. The third-order valence-electron chi connectivity index (χ3n) is 4.94. The molecule has 0 heterocycles. The van der Waals surface area contributed by atoms with Gasteiger partial charge in [-0.25, -0.2) is 12.2 Å². The largest absolute Gasteiger partial charge is 4.00 e. The van der Waals surface area contributed by atoms with Crippen molar-refractivity contribution >= 4 is 41.4 Å². The number of fused-ring (bicyclic) bond motifs is 3. The van der Waals surface area contributed by atoms with Crippen LogP contribution < -0.4 is 35.2 Å². The van der Waals surface area contributed by atoms with Crippen molar-refractivity contribution in [1.82, 2.24) is 0 Å². The van der Waals surface area contributed by atoms with Crippen LogP contribution in [0, 0.1) is 6.08 Å². The molecule has 0 bridgehead atoms. The summed E-state index contributed by atoms with van der Waals surface area (Å²) >= 11 is 0. The third-order valence-corrected chi connectivity index (χ3v) is 6.19. The van der Waals surface area contributed by atoms with Crippen molar-refractivity contribution in [2.75, 3.05) is 0 Å². The van der Waals surface area contributed by atoms with E-state index in [4.69, 9.17) is 0 Å². The van der Waals surface area contributed by atoms with Gasteiger partial charge < -0.3 is 24.8 Å². The summed E-state index contributed by atoms with van der Waals surface area (Å²) in [5.41, 5.74) is 0. The van der Waals surface area contributed by atoms with Crippen LogP contribution in [0.25, 0.3) is 21.5 Å². The fourth-order valence-electron chi connectivity index (χ4n) is 3.45. The quantitative estimate of drug-likeness (QED) is 0.190. The van der Waals surface area contributed by atoms with Crippen LogP contribution in [0.3, 0.4) is 0 Å². The van der Waals surface area contributed by atoms with Crippen molar-refractivity contribution < 1.29 is 50.7 Å². The molecule has 166 valence electrons. The fourth-order valence-corrected chi connectivity index (χ4v) is 4.51. The molecule has 1 aliphatic rings. The van der Waals surface area contributed by atoms with Gasteiger partial charge in [-0.2, -0.15) is 6.08 Å². The van der Waals surface area contributed by atoms with Crippen molar-refractivity contribution in [2.24, 2.45) is 0 Å². The van der Waals surface area contributed by atoms with Gasteiger partial charge in [-0.1, -0.05) is 107 Å².